The fourth-order valence-electron chi connectivity index (χ4n) is 1.53. The first-order valence-electron chi connectivity index (χ1n) is 4.96. The van der Waals surface area contributed by atoms with Crippen molar-refractivity contribution in [3.05, 3.63) is 61.9 Å². The van der Waals surface area contributed by atoms with E-state index in [0.29, 0.717) is 16.0 Å². The van der Waals surface area contributed by atoms with Crippen molar-refractivity contribution in [3.8, 4) is 0 Å². The number of nitrogens with zero attached hydrogens (tertiary/aromatic N) is 1. The standard InChI is InChI=1S/C12H10BrClN2O/c13-9-6-16(7-11(15)12(9)17)5-8-3-1-2-4-10(8)14/h1-4,6-7H,5,15H2. The molecular weight excluding hydrogens is 304 g/mol. The molecule has 5 heteroatoms. The van der Waals surface area contributed by atoms with Gasteiger partial charge in [0.2, 0.25) is 5.43 Å². The molecule has 2 rings (SSSR count). The highest BCUT2D eigenvalue weighted by molar-refractivity contribution is 9.10. The van der Waals surface area contributed by atoms with Crippen LogP contribution < -0.4 is 11.2 Å². The molecule has 0 aliphatic rings. The summed E-state index contributed by atoms with van der Waals surface area (Å²) in [5.74, 6) is 0. The van der Waals surface area contributed by atoms with Gasteiger partial charge in [-0.3, -0.25) is 4.79 Å². The fraction of sp³-hybridized carbons (Fsp3) is 0.0833. The molecule has 3 nitrogen and oxygen atoms in total. The van der Waals surface area contributed by atoms with Crippen LogP contribution in [0.4, 0.5) is 5.69 Å². The van der Waals surface area contributed by atoms with Gasteiger partial charge in [0.25, 0.3) is 0 Å². The highest BCUT2D eigenvalue weighted by Crippen LogP contribution is 2.17. The summed E-state index contributed by atoms with van der Waals surface area (Å²) in [7, 11) is 0. The molecule has 88 valence electrons. The minimum absolute atomic E-state index is 0.194. The molecule has 0 aliphatic heterocycles. The van der Waals surface area contributed by atoms with Crippen molar-refractivity contribution in [2.75, 3.05) is 5.73 Å². The SMILES string of the molecule is Nc1cn(Cc2ccccc2Cl)cc(Br)c1=O. The Morgan fingerprint density at radius 1 is 1.29 bits per heavy atom. The lowest BCUT2D eigenvalue weighted by molar-refractivity contribution is 0.787. The van der Waals surface area contributed by atoms with Crippen molar-refractivity contribution in [1.29, 1.82) is 0 Å². The molecule has 1 heterocycles. The summed E-state index contributed by atoms with van der Waals surface area (Å²) >= 11 is 9.25. The largest absolute Gasteiger partial charge is 0.394 e. The van der Waals surface area contributed by atoms with Crippen LogP contribution in [0.1, 0.15) is 5.56 Å². The van der Waals surface area contributed by atoms with Crippen LogP contribution in [0, 0.1) is 0 Å². The molecule has 0 spiro atoms. The molecule has 17 heavy (non-hydrogen) atoms. The van der Waals surface area contributed by atoms with Gasteiger partial charge in [0, 0.05) is 24.0 Å². The Balaban J connectivity index is 2.38. The van der Waals surface area contributed by atoms with Gasteiger partial charge in [-0.1, -0.05) is 29.8 Å². The highest BCUT2D eigenvalue weighted by atomic mass is 79.9. The zero-order valence-electron chi connectivity index (χ0n) is 8.86. The third kappa shape index (κ3) is 2.70. The average Bonchev–Trinajstić information content (AvgIpc) is 2.29. The molecule has 0 radical (unpaired) electrons. The fourth-order valence-corrected chi connectivity index (χ4v) is 2.22. The number of rotatable bonds is 2. The average molecular weight is 314 g/mol. The third-order valence-electron chi connectivity index (χ3n) is 2.37. The summed E-state index contributed by atoms with van der Waals surface area (Å²) in [6.07, 6.45) is 3.30. The van der Waals surface area contributed by atoms with Gasteiger partial charge in [-0.2, -0.15) is 0 Å². The molecule has 0 atom stereocenters. The topological polar surface area (TPSA) is 48.0 Å². The van der Waals surface area contributed by atoms with E-state index in [1.165, 1.54) is 0 Å². The van der Waals surface area contributed by atoms with Gasteiger partial charge in [0.15, 0.2) is 0 Å². The van der Waals surface area contributed by atoms with Gasteiger partial charge in [0.05, 0.1) is 10.2 Å². The number of aromatic nitrogens is 1. The summed E-state index contributed by atoms with van der Waals surface area (Å²) in [6.45, 7) is 0.572. The molecule has 1 aromatic heterocycles. The van der Waals surface area contributed by atoms with Crippen molar-refractivity contribution >= 4 is 33.2 Å². The molecule has 1 aromatic carbocycles. The maximum absolute atomic E-state index is 11.4. The van der Waals surface area contributed by atoms with Crippen molar-refractivity contribution in [2.24, 2.45) is 0 Å². The van der Waals surface area contributed by atoms with Crippen molar-refractivity contribution < 1.29 is 0 Å². The van der Waals surface area contributed by atoms with E-state index >= 15 is 0 Å². The zero-order chi connectivity index (χ0) is 12.4. The predicted octanol–water partition coefficient (Wildman–Crippen LogP) is 2.89. The number of pyridine rings is 1. The van der Waals surface area contributed by atoms with E-state index in [-0.39, 0.29) is 11.1 Å². The molecule has 0 unspecified atom stereocenters. The number of anilines is 1. The molecule has 0 aliphatic carbocycles. The molecular formula is C12H10BrClN2O. The van der Waals surface area contributed by atoms with Gasteiger partial charge in [-0.25, -0.2) is 0 Å². The smallest absolute Gasteiger partial charge is 0.218 e. The Bertz CT molecular complexity index is 583. The molecule has 0 saturated carbocycles. The lowest BCUT2D eigenvalue weighted by atomic mass is 10.2. The van der Waals surface area contributed by atoms with E-state index in [1.807, 2.05) is 28.8 Å². The molecule has 0 amide bonds. The molecule has 0 fully saturated rings. The van der Waals surface area contributed by atoms with Crippen LogP contribution in [0.15, 0.2) is 45.9 Å². The number of nitrogens with two attached hydrogens (primary N) is 1. The van der Waals surface area contributed by atoms with Crippen LogP contribution in [0.3, 0.4) is 0 Å². The van der Waals surface area contributed by atoms with Crippen LogP contribution in [0.5, 0.6) is 0 Å². The first-order chi connectivity index (χ1) is 8.08. The minimum Gasteiger partial charge on any atom is -0.394 e. The van der Waals surface area contributed by atoms with Gasteiger partial charge in [0.1, 0.15) is 0 Å². The van der Waals surface area contributed by atoms with Gasteiger partial charge >= 0.3 is 0 Å². The van der Waals surface area contributed by atoms with Crippen LogP contribution in [0.2, 0.25) is 5.02 Å². The summed E-state index contributed by atoms with van der Waals surface area (Å²) in [4.78, 5) is 11.4. The van der Waals surface area contributed by atoms with E-state index in [9.17, 15) is 4.79 Å². The lowest BCUT2D eigenvalue weighted by Gasteiger charge is -2.09. The van der Waals surface area contributed by atoms with Crippen LogP contribution >= 0.6 is 27.5 Å². The van der Waals surface area contributed by atoms with Crippen molar-refractivity contribution in [2.45, 2.75) is 6.54 Å². The van der Waals surface area contributed by atoms with Crippen LogP contribution in [-0.4, -0.2) is 4.57 Å². The van der Waals surface area contributed by atoms with E-state index in [2.05, 4.69) is 15.9 Å². The second kappa shape index (κ2) is 4.94. The normalized spacial score (nSPS) is 10.5. The van der Waals surface area contributed by atoms with Crippen molar-refractivity contribution in [1.82, 2.24) is 4.57 Å². The number of hydrogen-bond donors (Lipinski definition) is 1. The van der Waals surface area contributed by atoms with E-state index in [4.69, 9.17) is 17.3 Å². The molecule has 0 bridgehead atoms. The van der Waals surface area contributed by atoms with E-state index < -0.39 is 0 Å². The Labute approximate surface area is 112 Å². The molecule has 2 aromatic rings. The lowest BCUT2D eigenvalue weighted by Crippen LogP contribution is -2.13. The summed E-state index contributed by atoms with van der Waals surface area (Å²) in [5, 5.41) is 0.695. The first-order valence-corrected chi connectivity index (χ1v) is 6.13. The van der Waals surface area contributed by atoms with Gasteiger partial charge < -0.3 is 10.3 Å². The van der Waals surface area contributed by atoms with Gasteiger partial charge in [-0.05, 0) is 27.6 Å². The summed E-state index contributed by atoms with van der Waals surface area (Å²) in [6, 6.07) is 7.56. The van der Waals surface area contributed by atoms with Crippen LogP contribution in [-0.2, 0) is 6.54 Å². The van der Waals surface area contributed by atoms with E-state index in [0.717, 1.165) is 5.56 Å². The number of halogens is 2. The Kier molecular flexibility index (Phi) is 3.54. The minimum atomic E-state index is -0.194. The number of hydrogen-bond acceptors (Lipinski definition) is 2. The second-order valence-electron chi connectivity index (χ2n) is 3.65. The molecule has 0 saturated heterocycles. The maximum Gasteiger partial charge on any atom is 0.218 e. The Morgan fingerprint density at radius 2 is 2.00 bits per heavy atom. The Hall–Kier alpha value is -1.26. The quantitative estimate of drug-likeness (QED) is 0.926. The second-order valence-corrected chi connectivity index (χ2v) is 4.92. The third-order valence-corrected chi connectivity index (χ3v) is 3.31. The Morgan fingerprint density at radius 3 is 2.65 bits per heavy atom. The number of nitrogen functional groups attached to an aromatic ring is 1. The zero-order valence-corrected chi connectivity index (χ0v) is 11.2. The molecule has 2 N–H and O–H groups in total. The summed E-state index contributed by atoms with van der Waals surface area (Å²) < 4.78 is 2.27. The van der Waals surface area contributed by atoms with E-state index in [1.54, 1.807) is 12.4 Å². The van der Waals surface area contributed by atoms with Gasteiger partial charge in [-0.15, -0.1) is 0 Å². The number of benzene rings is 1. The highest BCUT2D eigenvalue weighted by Gasteiger charge is 2.04. The monoisotopic (exact) mass is 312 g/mol. The predicted molar refractivity (Wildman–Crippen MR) is 73.4 cm³/mol. The maximum atomic E-state index is 11.4. The first kappa shape index (κ1) is 12.2. The van der Waals surface area contributed by atoms with Crippen molar-refractivity contribution in [3.63, 3.8) is 0 Å². The van der Waals surface area contributed by atoms with Crippen LogP contribution in [0.25, 0.3) is 0 Å². The summed E-state index contributed by atoms with van der Waals surface area (Å²) in [5.41, 5.74) is 6.61.